The standard InChI is InChI=1S/C11H9FIN3O2/c1-16-11-6(10(13)15-16)5-7(12)8(14-11)3-4-9(17)18-2/h3-5H,1-2H3/b4-3+. The van der Waals surface area contributed by atoms with Gasteiger partial charge in [0, 0.05) is 13.1 Å². The highest BCUT2D eigenvalue weighted by atomic mass is 127. The zero-order chi connectivity index (χ0) is 13.3. The van der Waals surface area contributed by atoms with Gasteiger partial charge in [-0.1, -0.05) is 0 Å². The first-order valence-electron chi connectivity index (χ1n) is 4.97. The molecule has 0 spiro atoms. The highest BCUT2D eigenvalue weighted by Crippen LogP contribution is 2.21. The number of esters is 1. The van der Waals surface area contributed by atoms with E-state index in [4.69, 9.17) is 0 Å². The smallest absolute Gasteiger partial charge is 0.330 e. The van der Waals surface area contributed by atoms with E-state index in [-0.39, 0.29) is 5.69 Å². The molecule has 0 unspecified atom stereocenters. The Kier molecular flexibility index (Phi) is 3.60. The Bertz CT molecular complexity index is 651. The fourth-order valence-corrected chi connectivity index (χ4v) is 2.18. The third kappa shape index (κ3) is 2.35. The molecule has 7 heteroatoms. The molecule has 2 aromatic heterocycles. The highest BCUT2D eigenvalue weighted by molar-refractivity contribution is 14.1. The van der Waals surface area contributed by atoms with Crippen molar-refractivity contribution in [2.24, 2.45) is 7.05 Å². The van der Waals surface area contributed by atoms with Gasteiger partial charge in [-0.2, -0.15) is 5.10 Å². The largest absolute Gasteiger partial charge is 0.466 e. The van der Waals surface area contributed by atoms with E-state index in [0.29, 0.717) is 14.7 Å². The van der Waals surface area contributed by atoms with Crippen LogP contribution in [0.3, 0.4) is 0 Å². The van der Waals surface area contributed by atoms with E-state index in [0.717, 1.165) is 6.08 Å². The Balaban J connectivity index is 2.52. The average molecular weight is 361 g/mol. The molecule has 0 atom stereocenters. The summed E-state index contributed by atoms with van der Waals surface area (Å²) in [6, 6.07) is 1.36. The number of methoxy groups -OCH3 is 1. The number of ether oxygens (including phenoxy) is 1. The number of halogens is 2. The molecule has 0 N–H and O–H groups in total. The van der Waals surface area contributed by atoms with Crippen molar-refractivity contribution < 1.29 is 13.9 Å². The van der Waals surface area contributed by atoms with Gasteiger partial charge in [-0.3, -0.25) is 0 Å². The van der Waals surface area contributed by atoms with E-state index in [1.54, 1.807) is 11.7 Å². The van der Waals surface area contributed by atoms with Crippen LogP contribution in [0.15, 0.2) is 12.1 Å². The molecule has 0 fully saturated rings. The van der Waals surface area contributed by atoms with Gasteiger partial charge in [0.05, 0.1) is 12.5 Å². The zero-order valence-corrected chi connectivity index (χ0v) is 11.8. The van der Waals surface area contributed by atoms with E-state index in [2.05, 4.69) is 14.8 Å². The lowest BCUT2D eigenvalue weighted by Gasteiger charge is -1.98. The molecule has 18 heavy (non-hydrogen) atoms. The first kappa shape index (κ1) is 12.9. The van der Waals surface area contributed by atoms with E-state index >= 15 is 0 Å². The van der Waals surface area contributed by atoms with Crippen LogP contribution in [0, 0.1) is 9.52 Å². The predicted octanol–water partition coefficient (Wildman–Crippen LogP) is 1.90. The normalized spacial score (nSPS) is 11.3. The fraction of sp³-hybridized carbons (Fsp3) is 0.182. The molecular formula is C11H9FIN3O2. The number of aromatic nitrogens is 3. The van der Waals surface area contributed by atoms with Gasteiger partial charge in [-0.05, 0) is 34.7 Å². The van der Waals surface area contributed by atoms with Crippen molar-refractivity contribution in [3.8, 4) is 0 Å². The quantitative estimate of drug-likeness (QED) is 0.466. The maximum atomic E-state index is 13.8. The van der Waals surface area contributed by atoms with Crippen molar-refractivity contribution in [3.63, 3.8) is 0 Å². The summed E-state index contributed by atoms with van der Waals surface area (Å²) in [4.78, 5) is 15.1. The van der Waals surface area contributed by atoms with Crippen molar-refractivity contribution in [3.05, 3.63) is 27.4 Å². The fourth-order valence-electron chi connectivity index (χ4n) is 1.46. The number of carbonyl (C=O) groups excluding carboxylic acids is 1. The summed E-state index contributed by atoms with van der Waals surface area (Å²) in [5, 5.41) is 4.79. The highest BCUT2D eigenvalue weighted by Gasteiger charge is 2.11. The van der Waals surface area contributed by atoms with E-state index in [1.807, 2.05) is 22.6 Å². The van der Waals surface area contributed by atoms with Gasteiger partial charge in [0.25, 0.3) is 0 Å². The summed E-state index contributed by atoms with van der Waals surface area (Å²) in [5.41, 5.74) is 0.637. The number of fused-ring (bicyclic) bond motifs is 1. The number of nitrogens with zero attached hydrogens (tertiary/aromatic N) is 3. The van der Waals surface area contributed by atoms with Gasteiger partial charge >= 0.3 is 5.97 Å². The molecule has 0 amide bonds. The molecule has 2 rings (SSSR count). The summed E-state index contributed by atoms with van der Waals surface area (Å²) in [7, 11) is 2.98. The minimum Gasteiger partial charge on any atom is -0.466 e. The number of hydrogen-bond acceptors (Lipinski definition) is 4. The third-order valence-corrected chi connectivity index (χ3v) is 3.12. The molecule has 0 saturated carbocycles. The summed E-state index contributed by atoms with van der Waals surface area (Å²) in [5.74, 6) is -1.07. The number of pyridine rings is 1. The van der Waals surface area contributed by atoms with Crippen LogP contribution in [0.5, 0.6) is 0 Å². The van der Waals surface area contributed by atoms with Gasteiger partial charge in [-0.25, -0.2) is 18.9 Å². The Morgan fingerprint density at radius 3 is 3.00 bits per heavy atom. The second-order valence-electron chi connectivity index (χ2n) is 3.50. The summed E-state index contributed by atoms with van der Waals surface area (Å²) < 4.78 is 20.4. The van der Waals surface area contributed by atoms with Crippen LogP contribution in [0.25, 0.3) is 17.1 Å². The average Bonchev–Trinajstić information content (AvgIpc) is 2.61. The SMILES string of the molecule is COC(=O)/C=C/c1nc2c(cc1F)c(I)nn2C. The van der Waals surface area contributed by atoms with Crippen LogP contribution in [0.2, 0.25) is 0 Å². The van der Waals surface area contributed by atoms with Crippen molar-refractivity contribution in [1.29, 1.82) is 0 Å². The molecule has 0 aromatic carbocycles. The Morgan fingerprint density at radius 1 is 1.61 bits per heavy atom. The minimum atomic E-state index is -0.559. The maximum absolute atomic E-state index is 13.8. The molecule has 94 valence electrons. The number of aryl methyl sites for hydroxylation is 1. The lowest BCUT2D eigenvalue weighted by atomic mass is 10.2. The van der Waals surface area contributed by atoms with E-state index < -0.39 is 11.8 Å². The first-order chi connectivity index (χ1) is 8.52. The van der Waals surface area contributed by atoms with Crippen molar-refractivity contribution in [1.82, 2.24) is 14.8 Å². The molecule has 0 aliphatic carbocycles. The molecule has 5 nitrogen and oxygen atoms in total. The Hall–Kier alpha value is -1.51. The summed E-state index contributed by atoms with van der Waals surface area (Å²) in [6.45, 7) is 0. The van der Waals surface area contributed by atoms with Gasteiger partial charge in [0.15, 0.2) is 5.65 Å². The van der Waals surface area contributed by atoms with Crippen molar-refractivity contribution >= 4 is 45.7 Å². The maximum Gasteiger partial charge on any atom is 0.330 e. The molecule has 0 aliphatic rings. The van der Waals surface area contributed by atoms with Gasteiger partial charge in [-0.15, -0.1) is 0 Å². The Morgan fingerprint density at radius 2 is 2.33 bits per heavy atom. The van der Waals surface area contributed by atoms with Crippen LogP contribution >= 0.6 is 22.6 Å². The number of carbonyl (C=O) groups is 1. The first-order valence-corrected chi connectivity index (χ1v) is 6.05. The lowest BCUT2D eigenvalue weighted by molar-refractivity contribution is -0.134. The van der Waals surface area contributed by atoms with E-state index in [9.17, 15) is 9.18 Å². The topological polar surface area (TPSA) is 57.0 Å². The number of rotatable bonds is 2. The van der Waals surface area contributed by atoms with Gasteiger partial charge < -0.3 is 4.74 Å². The molecule has 0 radical (unpaired) electrons. The van der Waals surface area contributed by atoms with Crippen LogP contribution in [-0.4, -0.2) is 27.8 Å². The van der Waals surface area contributed by atoms with Crippen LogP contribution in [-0.2, 0) is 16.6 Å². The van der Waals surface area contributed by atoms with Crippen molar-refractivity contribution in [2.45, 2.75) is 0 Å². The van der Waals surface area contributed by atoms with Crippen LogP contribution < -0.4 is 0 Å². The van der Waals surface area contributed by atoms with E-state index in [1.165, 1.54) is 19.3 Å². The third-order valence-electron chi connectivity index (χ3n) is 2.33. The number of hydrogen-bond donors (Lipinski definition) is 0. The summed E-state index contributed by atoms with van der Waals surface area (Å²) >= 11 is 2.01. The zero-order valence-electron chi connectivity index (χ0n) is 9.65. The Labute approximate surface area is 116 Å². The molecular weight excluding hydrogens is 352 g/mol. The van der Waals surface area contributed by atoms with Crippen LogP contribution in [0.1, 0.15) is 5.69 Å². The predicted molar refractivity (Wildman–Crippen MR) is 72.2 cm³/mol. The van der Waals surface area contributed by atoms with Crippen LogP contribution in [0.4, 0.5) is 4.39 Å². The second-order valence-corrected chi connectivity index (χ2v) is 4.52. The minimum absolute atomic E-state index is 0.0762. The monoisotopic (exact) mass is 361 g/mol. The second kappa shape index (κ2) is 5.01. The lowest BCUT2D eigenvalue weighted by Crippen LogP contribution is -1.97. The van der Waals surface area contributed by atoms with Crippen molar-refractivity contribution in [2.75, 3.05) is 7.11 Å². The van der Waals surface area contributed by atoms with Gasteiger partial charge in [0.2, 0.25) is 0 Å². The molecule has 0 bridgehead atoms. The molecule has 0 aliphatic heterocycles. The molecule has 2 aromatic rings. The molecule has 0 saturated heterocycles. The molecule has 2 heterocycles. The van der Waals surface area contributed by atoms with Gasteiger partial charge in [0.1, 0.15) is 15.2 Å². The summed E-state index contributed by atoms with van der Waals surface area (Å²) in [6.07, 6.45) is 2.40.